The van der Waals surface area contributed by atoms with Gasteiger partial charge in [0, 0.05) is 10.9 Å². The predicted octanol–water partition coefficient (Wildman–Crippen LogP) is 5.82. The van der Waals surface area contributed by atoms with Gasteiger partial charge in [0.05, 0.1) is 11.1 Å². The Bertz CT molecular complexity index is 1250. The fraction of sp³-hybridized carbons (Fsp3) is 0.120. The molecule has 1 aromatic heterocycles. The van der Waals surface area contributed by atoms with Gasteiger partial charge >= 0.3 is 5.97 Å². The summed E-state index contributed by atoms with van der Waals surface area (Å²) in [5.41, 5.74) is 4.81. The third kappa shape index (κ3) is 3.51. The number of benzene rings is 3. The van der Waals surface area contributed by atoms with Crippen molar-refractivity contribution in [1.82, 2.24) is 0 Å². The molecular weight excluding hydrogens is 362 g/mol. The topological polar surface area (TPSA) is 74.2 Å². The predicted molar refractivity (Wildman–Crippen MR) is 112 cm³/mol. The van der Waals surface area contributed by atoms with Crippen molar-refractivity contribution >= 4 is 16.9 Å². The number of aromatic carboxylic acids is 1. The molecule has 0 fully saturated rings. The van der Waals surface area contributed by atoms with Gasteiger partial charge in [-0.3, -0.25) is 0 Å². The highest BCUT2D eigenvalue weighted by atomic mass is 16.4. The monoisotopic (exact) mass is 381 g/mol. The van der Waals surface area contributed by atoms with E-state index >= 15 is 0 Å². The third-order valence-electron chi connectivity index (χ3n) is 5.11. The Hall–Kier alpha value is -3.84. The van der Waals surface area contributed by atoms with Crippen LogP contribution >= 0.6 is 0 Å². The van der Waals surface area contributed by atoms with Crippen molar-refractivity contribution < 1.29 is 14.3 Å². The number of hydrogen-bond acceptors (Lipinski definition) is 3. The van der Waals surface area contributed by atoms with E-state index in [0.29, 0.717) is 28.9 Å². The van der Waals surface area contributed by atoms with E-state index in [-0.39, 0.29) is 5.56 Å². The van der Waals surface area contributed by atoms with E-state index in [2.05, 4.69) is 24.3 Å². The second kappa shape index (κ2) is 7.65. The minimum atomic E-state index is -1.03. The normalized spacial score (nSPS) is 10.8. The molecule has 142 valence electrons. The summed E-state index contributed by atoms with van der Waals surface area (Å²) >= 11 is 0. The zero-order valence-electron chi connectivity index (χ0n) is 16.0. The minimum absolute atomic E-state index is 0.161. The second-order valence-electron chi connectivity index (χ2n) is 6.93. The maximum absolute atomic E-state index is 11.5. The summed E-state index contributed by atoms with van der Waals surface area (Å²) in [6.45, 7) is 1.85. The first-order chi connectivity index (χ1) is 14.1. The van der Waals surface area contributed by atoms with Crippen molar-refractivity contribution in [3.63, 3.8) is 0 Å². The number of fused-ring (bicyclic) bond motifs is 1. The first-order valence-corrected chi connectivity index (χ1v) is 9.46. The summed E-state index contributed by atoms with van der Waals surface area (Å²) in [4.78, 5) is 11.5. The molecular formula is C25H19NO3. The van der Waals surface area contributed by atoms with E-state index in [1.165, 1.54) is 11.1 Å². The quantitative estimate of drug-likeness (QED) is 0.472. The third-order valence-corrected chi connectivity index (χ3v) is 5.11. The van der Waals surface area contributed by atoms with E-state index in [1.807, 2.05) is 43.3 Å². The lowest BCUT2D eigenvalue weighted by Crippen LogP contribution is -2.05. The molecule has 0 saturated carbocycles. The van der Waals surface area contributed by atoms with Gasteiger partial charge in [-0.25, -0.2) is 4.79 Å². The van der Waals surface area contributed by atoms with Crippen LogP contribution in [-0.4, -0.2) is 11.1 Å². The molecule has 4 heteroatoms. The zero-order chi connectivity index (χ0) is 20.4. The van der Waals surface area contributed by atoms with Crippen LogP contribution in [0.25, 0.3) is 22.3 Å². The van der Waals surface area contributed by atoms with Crippen molar-refractivity contribution in [2.24, 2.45) is 0 Å². The maximum atomic E-state index is 11.5. The lowest BCUT2D eigenvalue weighted by Gasteiger charge is -2.09. The van der Waals surface area contributed by atoms with Crippen LogP contribution in [0.15, 0.2) is 71.1 Å². The summed E-state index contributed by atoms with van der Waals surface area (Å²) < 4.78 is 6.00. The van der Waals surface area contributed by atoms with Crippen LogP contribution in [0.5, 0.6) is 0 Å². The largest absolute Gasteiger partial charge is 0.478 e. The summed E-state index contributed by atoms with van der Waals surface area (Å²) in [5, 5.41) is 20.1. The Kier molecular flexibility index (Phi) is 4.88. The molecule has 0 aliphatic heterocycles. The Balaban J connectivity index is 1.77. The van der Waals surface area contributed by atoms with E-state index in [0.717, 1.165) is 17.4 Å². The van der Waals surface area contributed by atoms with E-state index < -0.39 is 5.97 Å². The molecule has 0 atom stereocenters. The van der Waals surface area contributed by atoms with Crippen molar-refractivity contribution in [1.29, 1.82) is 5.26 Å². The number of rotatable bonds is 5. The molecule has 0 bridgehead atoms. The highest BCUT2D eigenvalue weighted by Crippen LogP contribution is 2.33. The summed E-state index contributed by atoms with van der Waals surface area (Å²) in [5.74, 6) is -0.458. The molecule has 0 saturated heterocycles. The molecule has 0 spiro atoms. The molecule has 4 rings (SSSR count). The van der Waals surface area contributed by atoms with Gasteiger partial charge in [-0.15, -0.1) is 0 Å². The lowest BCUT2D eigenvalue weighted by molar-refractivity contribution is 0.0695. The maximum Gasteiger partial charge on any atom is 0.336 e. The van der Waals surface area contributed by atoms with Gasteiger partial charge in [-0.05, 0) is 59.9 Å². The molecule has 4 aromatic rings. The van der Waals surface area contributed by atoms with Gasteiger partial charge in [-0.2, -0.15) is 5.26 Å². The second-order valence-corrected chi connectivity index (χ2v) is 6.93. The standard InChI is InChI=1S/C25H19NO3/c1-2-19-21(25(27)28)10-9-20(22(19)15-26)24-14-18-13-17(8-11-23(18)29-24)12-16-6-4-3-5-7-16/h3-11,13-14H,2,12H2,1H3,(H,27,28). The van der Waals surface area contributed by atoms with Gasteiger partial charge in [-0.1, -0.05) is 43.3 Å². The summed E-state index contributed by atoms with van der Waals surface area (Å²) in [7, 11) is 0. The van der Waals surface area contributed by atoms with Gasteiger partial charge in [0.15, 0.2) is 0 Å². The zero-order valence-corrected chi connectivity index (χ0v) is 16.0. The molecule has 3 aromatic carbocycles. The van der Waals surface area contributed by atoms with Crippen LogP contribution < -0.4 is 0 Å². The first-order valence-electron chi connectivity index (χ1n) is 9.46. The Morgan fingerprint density at radius 3 is 2.52 bits per heavy atom. The van der Waals surface area contributed by atoms with Crippen molar-refractivity contribution in [3.8, 4) is 17.4 Å². The fourth-order valence-corrected chi connectivity index (χ4v) is 3.72. The van der Waals surface area contributed by atoms with Crippen molar-refractivity contribution in [3.05, 3.63) is 94.5 Å². The van der Waals surface area contributed by atoms with Crippen LogP contribution in [-0.2, 0) is 12.8 Å². The molecule has 1 N–H and O–H groups in total. The number of nitriles is 1. The van der Waals surface area contributed by atoms with Gasteiger partial charge in [0.1, 0.15) is 17.4 Å². The smallest absolute Gasteiger partial charge is 0.336 e. The number of carbonyl (C=O) groups is 1. The Morgan fingerprint density at radius 2 is 1.83 bits per heavy atom. The van der Waals surface area contributed by atoms with E-state index in [9.17, 15) is 15.2 Å². The highest BCUT2D eigenvalue weighted by molar-refractivity contribution is 5.92. The molecule has 1 heterocycles. The van der Waals surface area contributed by atoms with E-state index in [1.54, 1.807) is 12.1 Å². The molecule has 0 aliphatic rings. The molecule has 4 nitrogen and oxygen atoms in total. The number of nitrogens with zero attached hydrogens (tertiary/aromatic N) is 1. The first kappa shape index (κ1) is 18.5. The number of carboxylic acids is 1. The van der Waals surface area contributed by atoms with Crippen LogP contribution in [0.1, 0.15) is 39.5 Å². The summed E-state index contributed by atoms with van der Waals surface area (Å²) in [6.07, 6.45) is 1.29. The van der Waals surface area contributed by atoms with Gasteiger partial charge in [0.2, 0.25) is 0 Å². The van der Waals surface area contributed by atoms with Crippen molar-refractivity contribution in [2.45, 2.75) is 19.8 Å². The van der Waals surface area contributed by atoms with Gasteiger partial charge < -0.3 is 9.52 Å². The van der Waals surface area contributed by atoms with Crippen LogP contribution in [0.4, 0.5) is 0 Å². The minimum Gasteiger partial charge on any atom is -0.478 e. The van der Waals surface area contributed by atoms with E-state index in [4.69, 9.17) is 4.42 Å². The van der Waals surface area contributed by atoms with Crippen molar-refractivity contribution in [2.75, 3.05) is 0 Å². The average molecular weight is 381 g/mol. The number of hydrogen-bond donors (Lipinski definition) is 1. The van der Waals surface area contributed by atoms with Crippen LogP contribution in [0.3, 0.4) is 0 Å². The average Bonchev–Trinajstić information content (AvgIpc) is 3.16. The van der Waals surface area contributed by atoms with Crippen LogP contribution in [0.2, 0.25) is 0 Å². The highest BCUT2D eigenvalue weighted by Gasteiger charge is 2.19. The SMILES string of the molecule is CCc1c(C(=O)O)ccc(-c2cc3cc(Cc4ccccc4)ccc3o2)c1C#N. The summed E-state index contributed by atoms with van der Waals surface area (Å²) in [6, 6.07) is 23.6. The number of carboxylic acid groups (broad SMARTS) is 1. The van der Waals surface area contributed by atoms with Gasteiger partial charge in [0.25, 0.3) is 0 Å². The lowest BCUT2D eigenvalue weighted by atomic mass is 9.93. The molecule has 0 aliphatic carbocycles. The molecule has 29 heavy (non-hydrogen) atoms. The Labute approximate surface area is 168 Å². The molecule has 0 radical (unpaired) electrons. The molecule has 0 amide bonds. The van der Waals surface area contributed by atoms with Crippen LogP contribution in [0, 0.1) is 11.3 Å². The molecule has 0 unspecified atom stereocenters. The Morgan fingerprint density at radius 1 is 1.03 bits per heavy atom. The fourth-order valence-electron chi connectivity index (χ4n) is 3.72. The number of furan rings is 1.